The lowest BCUT2D eigenvalue weighted by atomic mass is 10.1. The van der Waals surface area contributed by atoms with Gasteiger partial charge in [-0.2, -0.15) is 30.0 Å². The molecule has 8 heteroatoms. The van der Waals surface area contributed by atoms with Crippen LogP contribution in [0.2, 0.25) is 5.02 Å². The number of halogens is 4. The third kappa shape index (κ3) is 3.37. The highest BCUT2D eigenvalue weighted by Gasteiger charge is 2.35. The summed E-state index contributed by atoms with van der Waals surface area (Å²) >= 11 is 7.39. The average Bonchev–Trinajstić information content (AvgIpc) is 2.70. The molecule has 1 N–H and O–H groups in total. The molecule has 0 saturated heterocycles. The van der Waals surface area contributed by atoms with Gasteiger partial charge in [-0.1, -0.05) is 11.6 Å². The number of nitrogens with zero attached hydrogens (tertiary/aromatic N) is 2. The minimum atomic E-state index is -4.50. The van der Waals surface area contributed by atoms with Crippen LogP contribution in [0.25, 0.3) is 5.69 Å². The molecule has 0 atom stereocenters. The zero-order valence-corrected chi connectivity index (χ0v) is 14.7. The van der Waals surface area contributed by atoms with E-state index in [2.05, 4.69) is 10.4 Å². The van der Waals surface area contributed by atoms with Crippen LogP contribution in [0.3, 0.4) is 0 Å². The Labute approximate surface area is 147 Å². The van der Waals surface area contributed by atoms with Crippen LogP contribution in [-0.4, -0.2) is 22.6 Å². The van der Waals surface area contributed by atoms with Crippen molar-refractivity contribution in [2.75, 3.05) is 18.1 Å². The topological polar surface area (TPSA) is 29.9 Å². The van der Waals surface area contributed by atoms with Crippen LogP contribution in [0.5, 0.6) is 0 Å². The molecule has 0 amide bonds. The molecule has 0 radical (unpaired) electrons. The maximum atomic E-state index is 13.5. The van der Waals surface area contributed by atoms with Gasteiger partial charge in [0.05, 0.1) is 16.9 Å². The molecule has 0 saturated carbocycles. The Morgan fingerprint density at radius 1 is 1.33 bits per heavy atom. The average molecular weight is 376 g/mol. The molecule has 0 fully saturated rings. The number of hydrogen-bond acceptors (Lipinski definition) is 3. The van der Waals surface area contributed by atoms with Gasteiger partial charge in [-0.3, -0.25) is 0 Å². The summed E-state index contributed by atoms with van der Waals surface area (Å²) in [5.74, 6) is 1.34. The molecular weight excluding hydrogens is 359 g/mol. The number of rotatable bonds is 3. The van der Waals surface area contributed by atoms with Gasteiger partial charge >= 0.3 is 6.18 Å². The van der Waals surface area contributed by atoms with E-state index in [4.69, 9.17) is 11.6 Å². The zero-order valence-electron chi connectivity index (χ0n) is 13.1. The molecule has 3 nitrogen and oxygen atoms in total. The van der Waals surface area contributed by atoms with Crippen molar-refractivity contribution >= 4 is 29.2 Å². The summed E-state index contributed by atoms with van der Waals surface area (Å²) in [5.41, 5.74) is 1.09. The largest absolute Gasteiger partial charge is 0.418 e. The SMILES string of the molecule is CSCc1nn(-c2ccc(Cl)cc2C(F)(F)F)c2c1CCCCN2. The summed E-state index contributed by atoms with van der Waals surface area (Å²) in [4.78, 5) is 0. The Kier molecular flexibility index (Phi) is 5.01. The zero-order chi connectivity index (χ0) is 17.3. The van der Waals surface area contributed by atoms with E-state index in [9.17, 15) is 13.2 Å². The van der Waals surface area contributed by atoms with E-state index in [-0.39, 0.29) is 10.7 Å². The summed E-state index contributed by atoms with van der Waals surface area (Å²) in [6.07, 6.45) is 0.273. The molecule has 1 aromatic heterocycles. The summed E-state index contributed by atoms with van der Waals surface area (Å²) in [5, 5.41) is 7.80. The predicted octanol–water partition coefficient (Wildman–Crippen LogP) is 5.16. The van der Waals surface area contributed by atoms with Crippen LogP contribution in [0.15, 0.2) is 18.2 Å². The Bertz CT molecular complexity index is 743. The van der Waals surface area contributed by atoms with E-state index in [0.29, 0.717) is 11.6 Å². The summed E-state index contributed by atoms with van der Waals surface area (Å²) in [6, 6.07) is 3.80. The van der Waals surface area contributed by atoms with Crippen molar-refractivity contribution in [2.24, 2.45) is 0 Å². The van der Waals surface area contributed by atoms with Crippen molar-refractivity contribution in [3.63, 3.8) is 0 Å². The van der Waals surface area contributed by atoms with E-state index < -0.39 is 11.7 Å². The number of benzene rings is 1. The highest BCUT2D eigenvalue weighted by molar-refractivity contribution is 7.97. The van der Waals surface area contributed by atoms with Gasteiger partial charge in [-0.05, 0) is 43.7 Å². The van der Waals surface area contributed by atoms with Crippen LogP contribution in [0.4, 0.5) is 19.0 Å². The van der Waals surface area contributed by atoms with Crippen molar-refractivity contribution in [3.05, 3.63) is 40.0 Å². The molecule has 1 aromatic carbocycles. The van der Waals surface area contributed by atoms with E-state index in [1.165, 1.54) is 16.8 Å². The summed E-state index contributed by atoms with van der Waals surface area (Å²) in [7, 11) is 0. The fourth-order valence-corrected chi connectivity index (χ4v) is 3.60. The molecule has 0 unspecified atom stereocenters. The first-order valence-electron chi connectivity index (χ1n) is 7.62. The fourth-order valence-electron chi connectivity index (χ4n) is 2.92. The molecule has 1 aliphatic heterocycles. The van der Waals surface area contributed by atoms with Crippen molar-refractivity contribution < 1.29 is 13.2 Å². The lowest BCUT2D eigenvalue weighted by Crippen LogP contribution is -2.14. The molecule has 130 valence electrons. The summed E-state index contributed by atoms with van der Waals surface area (Å²) in [6.45, 7) is 0.729. The van der Waals surface area contributed by atoms with Gasteiger partial charge in [0, 0.05) is 22.9 Å². The van der Waals surface area contributed by atoms with Crippen LogP contribution in [-0.2, 0) is 18.3 Å². The third-order valence-electron chi connectivity index (χ3n) is 3.99. The van der Waals surface area contributed by atoms with Gasteiger partial charge in [0.2, 0.25) is 0 Å². The maximum Gasteiger partial charge on any atom is 0.418 e. The third-order valence-corrected chi connectivity index (χ3v) is 4.78. The van der Waals surface area contributed by atoms with Gasteiger partial charge in [-0.15, -0.1) is 0 Å². The van der Waals surface area contributed by atoms with Crippen molar-refractivity contribution in [2.45, 2.75) is 31.2 Å². The first-order chi connectivity index (χ1) is 11.4. The molecule has 0 bridgehead atoms. The van der Waals surface area contributed by atoms with Crippen LogP contribution < -0.4 is 5.32 Å². The van der Waals surface area contributed by atoms with E-state index in [1.807, 2.05) is 6.26 Å². The standard InChI is InChI=1S/C16H17ClF3N3S/c1-24-9-13-11-4-2-3-7-21-15(11)23(22-13)14-6-5-10(17)8-12(14)16(18,19)20/h5-6,8,21H,2-4,7,9H2,1H3. The molecule has 2 heterocycles. The fraction of sp³-hybridized carbons (Fsp3) is 0.438. The second kappa shape index (κ2) is 6.88. The van der Waals surface area contributed by atoms with E-state index >= 15 is 0 Å². The molecule has 2 aromatic rings. The van der Waals surface area contributed by atoms with Gasteiger partial charge in [0.15, 0.2) is 0 Å². The van der Waals surface area contributed by atoms with Gasteiger partial charge < -0.3 is 5.32 Å². The Hall–Kier alpha value is -1.34. The molecular formula is C16H17ClF3N3S. The van der Waals surface area contributed by atoms with Crippen molar-refractivity contribution in [1.29, 1.82) is 0 Å². The highest BCUT2D eigenvalue weighted by atomic mass is 35.5. The minimum Gasteiger partial charge on any atom is -0.370 e. The monoisotopic (exact) mass is 375 g/mol. The molecule has 0 spiro atoms. The second-order valence-corrected chi connectivity index (χ2v) is 6.96. The van der Waals surface area contributed by atoms with E-state index in [1.54, 1.807) is 11.8 Å². The van der Waals surface area contributed by atoms with Crippen molar-refractivity contribution in [1.82, 2.24) is 9.78 Å². The lowest BCUT2D eigenvalue weighted by molar-refractivity contribution is -0.137. The summed E-state index contributed by atoms with van der Waals surface area (Å²) < 4.78 is 41.8. The number of aromatic nitrogens is 2. The van der Waals surface area contributed by atoms with Crippen LogP contribution >= 0.6 is 23.4 Å². The normalized spacial score (nSPS) is 14.9. The van der Waals surface area contributed by atoms with Crippen molar-refractivity contribution in [3.8, 4) is 5.69 Å². The molecule has 3 rings (SSSR count). The lowest BCUT2D eigenvalue weighted by Gasteiger charge is -2.16. The van der Waals surface area contributed by atoms with Crippen LogP contribution in [0, 0.1) is 0 Å². The van der Waals surface area contributed by atoms with Gasteiger partial charge in [0.25, 0.3) is 0 Å². The second-order valence-electron chi connectivity index (χ2n) is 5.66. The number of fused-ring (bicyclic) bond motifs is 1. The highest BCUT2D eigenvalue weighted by Crippen LogP contribution is 2.38. The predicted molar refractivity (Wildman–Crippen MR) is 92.2 cm³/mol. The smallest absolute Gasteiger partial charge is 0.370 e. The Morgan fingerprint density at radius 2 is 2.12 bits per heavy atom. The van der Waals surface area contributed by atoms with Gasteiger partial charge in [0.1, 0.15) is 5.82 Å². The first kappa shape index (κ1) is 17.5. The minimum absolute atomic E-state index is 0.00454. The quantitative estimate of drug-likeness (QED) is 0.804. The van der Waals surface area contributed by atoms with Crippen LogP contribution in [0.1, 0.15) is 29.7 Å². The molecule has 1 aliphatic rings. The van der Waals surface area contributed by atoms with Gasteiger partial charge in [-0.25, -0.2) is 4.68 Å². The van der Waals surface area contributed by atoms with E-state index in [0.717, 1.165) is 43.1 Å². The number of alkyl halides is 3. The Balaban J connectivity index is 2.20. The first-order valence-corrected chi connectivity index (χ1v) is 9.39. The number of thioether (sulfide) groups is 1. The Morgan fingerprint density at radius 3 is 2.83 bits per heavy atom. The number of hydrogen-bond donors (Lipinski definition) is 1. The number of nitrogens with one attached hydrogen (secondary N) is 1. The maximum absolute atomic E-state index is 13.5. The molecule has 24 heavy (non-hydrogen) atoms. The molecule has 0 aliphatic carbocycles. The number of anilines is 1.